The molecule has 0 radical (unpaired) electrons. The van der Waals surface area contributed by atoms with Gasteiger partial charge in [0.25, 0.3) is 5.91 Å². The van der Waals surface area contributed by atoms with E-state index in [1.165, 1.54) is 0 Å². The summed E-state index contributed by atoms with van der Waals surface area (Å²) >= 11 is 0. The Morgan fingerprint density at radius 2 is 1.94 bits per heavy atom. The minimum atomic E-state index is -0.761. The molecule has 0 bridgehead atoms. The zero-order valence-corrected chi connectivity index (χ0v) is 10.9. The van der Waals surface area contributed by atoms with E-state index in [4.69, 9.17) is 9.84 Å². The van der Waals surface area contributed by atoms with Crippen LogP contribution in [-0.2, 0) is 14.3 Å². The van der Waals surface area contributed by atoms with E-state index < -0.39 is 11.4 Å². The van der Waals surface area contributed by atoms with E-state index in [0.717, 1.165) is 19.3 Å². The van der Waals surface area contributed by atoms with E-state index in [1.54, 1.807) is 11.8 Å². The Labute approximate surface area is 107 Å². The molecule has 0 spiro atoms. The number of piperidine rings is 1. The first-order valence-electron chi connectivity index (χ1n) is 6.67. The van der Waals surface area contributed by atoms with Gasteiger partial charge in [0.15, 0.2) is 0 Å². The summed E-state index contributed by atoms with van der Waals surface area (Å²) in [5, 5.41) is 9.14. The molecule has 0 aromatic heterocycles. The first-order chi connectivity index (χ1) is 8.53. The van der Waals surface area contributed by atoms with Crippen LogP contribution in [0.5, 0.6) is 0 Å². The number of aliphatic carboxylic acids is 1. The lowest BCUT2D eigenvalue weighted by Gasteiger charge is -2.38. The second kappa shape index (κ2) is 5.26. The highest BCUT2D eigenvalue weighted by atomic mass is 16.5. The van der Waals surface area contributed by atoms with E-state index in [2.05, 4.69) is 0 Å². The quantitative estimate of drug-likeness (QED) is 0.807. The van der Waals surface area contributed by atoms with Gasteiger partial charge in [-0.2, -0.15) is 0 Å². The third-order valence-corrected chi connectivity index (χ3v) is 4.15. The Morgan fingerprint density at radius 1 is 1.28 bits per heavy atom. The number of hydrogen-bond donors (Lipinski definition) is 1. The fraction of sp³-hybridized carbons (Fsp3) is 0.846. The lowest BCUT2D eigenvalue weighted by atomic mass is 9.80. The zero-order chi connectivity index (χ0) is 13.2. The maximum absolute atomic E-state index is 12.2. The summed E-state index contributed by atoms with van der Waals surface area (Å²) in [6.07, 6.45) is 3.62. The molecule has 2 saturated heterocycles. The molecule has 2 aliphatic heterocycles. The molecule has 0 aromatic carbocycles. The van der Waals surface area contributed by atoms with Crippen LogP contribution in [0.3, 0.4) is 0 Å². The molecular formula is C13H21NO4. The van der Waals surface area contributed by atoms with Crippen LogP contribution in [0, 0.1) is 5.41 Å². The van der Waals surface area contributed by atoms with Gasteiger partial charge in [-0.3, -0.25) is 9.59 Å². The molecule has 5 nitrogen and oxygen atoms in total. The topological polar surface area (TPSA) is 66.8 Å². The first kappa shape index (κ1) is 13.3. The Bertz CT molecular complexity index is 328. The fourth-order valence-corrected chi connectivity index (χ4v) is 2.57. The average molecular weight is 255 g/mol. The van der Waals surface area contributed by atoms with Crippen molar-refractivity contribution in [3.63, 3.8) is 0 Å². The largest absolute Gasteiger partial charge is 0.481 e. The Hall–Kier alpha value is -1.10. The van der Waals surface area contributed by atoms with Crippen LogP contribution in [0.1, 0.15) is 39.0 Å². The van der Waals surface area contributed by atoms with E-state index >= 15 is 0 Å². The maximum atomic E-state index is 12.2. The Balaban J connectivity index is 1.89. The molecule has 0 aromatic rings. The molecule has 1 atom stereocenters. The van der Waals surface area contributed by atoms with Crippen LogP contribution >= 0.6 is 0 Å². The standard InChI is InChI=1S/C13H21NO4/c1-13(12(16)17)5-7-14(8-6-13)11(15)10-4-2-3-9-18-10/h10H,2-9H2,1H3,(H,16,17). The van der Waals surface area contributed by atoms with Gasteiger partial charge < -0.3 is 14.7 Å². The smallest absolute Gasteiger partial charge is 0.309 e. The molecule has 2 fully saturated rings. The van der Waals surface area contributed by atoms with Gasteiger partial charge in [0.05, 0.1) is 5.41 Å². The molecule has 18 heavy (non-hydrogen) atoms. The number of rotatable bonds is 2. The normalized spacial score (nSPS) is 27.8. The Kier molecular flexibility index (Phi) is 3.90. The predicted molar refractivity (Wildman–Crippen MR) is 65.1 cm³/mol. The van der Waals surface area contributed by atoms with E-state index in [0.29, 0.717) is 32.5 Å². The summed E-state index contributed by atoms with van der Waals surface area (Å²) in [5.41, 5.74) is -0.676. The van der Waals surface area contributed by atoms with Gasteiger partial charge in [-0.1, -0.05) is 0 Å². The lowest BCUT2D eigenvalue weighted by Crippen LogP contribution is -2.49. The number of carboxylic acids is 1. The van der Waals surface area contributed by atoms with Crippen molar-refractivity contribution in [2.45, 2.75) is 45.1 Å². The van der Waals surface area contributed by atoms with Crippen molar-refractivity contribution in [1.82, 2.24) is 4.90 Å². The summed E-state index contributed by atoms with van der Waals surface area (Å²) in [5.74, 6) is -0.717. The van der Waals surface area contributed by atoms with E-state index in [1.807, 2.05) is 0 Å². The minimum Gasteiger partial charge on any atom is -0.481 e. The summed E-state index contributed by atoms with van der Waals surface area (Å²) in [7, 11) is 0. The number of nitrogens with zero attached hydrogens (tertiary/aromatic N) is 1. The molecule has 1 N–H and O–H groups in total. The molecule has 2 heterocycles. The van der Waals surface area contributed by atoms with Gasteiger partial charge in [0.1, 0.15) is 6.10 Å². The van der Waals surface area contributed by atoms with Crippen LogP contribution < -0.4 is 0 Å². The summed E-state index contributed by atoms with van der Waals surface area (Å²) in [6.45, 7) is 3.48. The zero-order valence-electron chi connectivity index (χ0n) is 10.9. The van der Waals surface area contributed by atoms with Crippen molar-refractivity contribution in [3.05, 3.63) is 0 Å². The maximum Gasteiger partial charge on any atom is 0.309 e. The number of carbonyl (C=O) groups is 2. The van der Waals surface area contributed by atoms with Crippen LogP contribution in [0.15, 0.2) is 0 Å². The van der Waals surface area contributed by atoms with Crippen LogP contribution in [0.4, 0.5) is 0 Å². The molecule has 0 aliphatic carbocycles. The third-order valence-electron chi connectivity index (χ3n) is 4.15. The van der Waals surface area contributed by atoms with Gasteiger partial charge in [-0.15, -0.1) is 0 Å². The lowest BCUT2D eigenvalue weighted by molar-refractivity contribution is -0.157. The summed E-state index contributed by atoms with van der Waals surface area (Å²) < 4.78 is 5.48. The summed E-state index contributed by atoms with van der Waals surface area (Å²) in [4.78, 5) is 25.1. The van der Waals surface area contributed by atoms with Gasteiger partial charge in [-0.05, 0) is 39.0 Å². The predicted octanol–water partition coefficient (Wildman–Crippen LogP) is 1.27. The highest BCUT2D eigenvalue weighted by Crippen LogP contribution is 2.31. The number of carbonyl (C=O) groups excluding carboxylic acids is 1. The van der Waals surface area contributed by atoms with Crippen molar-refractivity contribution in [2.75, 3.05) is 19.7 Å². The molecular weight excluding hydrogens is 234 g/mol. The average Bonchev–Trinajstić information content (AvgIpc) is 2.40. The molecule has 1 amide bonds. The minimum absolute atomic E-state index is 0.0436. The summed E-state index contributed by atoms with van der Waals surface area (Å²) in [6, 6.07) is 0. The first-order valence-corrected chi connectivity index (χ1v) is 6.67. The van der Waals surface area contributed by atoms with Crippen molar-refractivity contribution in [2.24, 2.45) is 5.41 Å². The second-order valence-corrected chi connectivity index (χ2v) is 5.55. The van der Waals surface area contributed by atoms with Gasteiger partial charge in [0, 0.05) is 19.7 Å². The van der Waals surface area contributed by atoms with Crippen LogP contribution in [-0.4, -0.2) is 47.7 Å². The van der Waals surface area contributed by atoms with Crippen molar-refractivity contribution < 1.29 is 19.4 Å². The SMILES string of the molecule is CC1(C(=O)O)CCN(C(=O)C2CCCCO2)CC1. The number of carboxylic acid groups (broad SMARTS) is 1. The van der Waals surface area contributed by atoms with Crippen LogP contribution in [0.25, 0.3) is 0 Å². The monoisotopic (exact) mass is 255 g/mol. The molecule has 1 unspecified atom stereocenters. The molecule has 5 heteroatoms. The highest BCUT2D eigenvalue weighted by Gasteiger charge is 2.39. The molecule has 2 aliphatic rings. The van der Waals surface area contributed by atoms with Crippen LogP contribution in [0.2, 0.25) is 0 Å². The third kappa shape index (κ3) is 2.66. The number of likely N-dealkylation sites (tertiary alicyclic amines) is 1. The van der Waals surface area contributed by atoms with Gasteiger partial charge in [-0.25, -0.2) is 0 Å². The molecule has 102 valence electrons. The number of ether oxygens (including phenoxy) is 1. The van der Waals surface area contributed by atoms with E-state index in [-0.39, 0.29) is 12.0 Å². The molecule has 0 saturated carbocycles. The fourth-order valence-electron chi connectivity index (χ4n) is 2.57. The number of hydrogen-bond acceptors (Lipinski definition) is 3. The van der Waals surface area contributed by atoms with E-state index in [9.17, 15) is 9.59 Å². The Morgan fingerprint density at radius 3 is 2.44 bits per heavy atom. The van der Waals surface area contributed by atoms with Gasteiger partial charge in [0.2, 0.25) is 0 Å². The van der Waals surface area contributed by atoms with Crippen molar-refractivity contribution in [3.8, 4) is 0 Å². The molecule has 2 rings (SSSR count). The van der Waals surface area contributed by atoms with Crippen molar-refractivity contribution in [1.29, 1.82) is 0 Å². The van der Waals surface area contributed by atoms with Crippen molar-refractivity contribution >= 4 is 11.9 Å². The van der Waals surface area contributed by atoms with Gasteiger partial charge >= 0.3 is 5.97 Å². The highest BCUT2D eigenvalue weighted by molar-refractivity contribution is 5.81. The second-order valence-electron chi connectivity index (χ2n) is 5.55. The number of amides is 1.